The van der Waals surface area contributed by atoms with Gasteiger partial charge in [-0.3, -0.25) is 4.79 Å². The first-order valence-corrected chi connectivity index (χ1v) is 5.89. The van der Waals surface area contributed by atoms with Gasteiger partial charge in [0.1, 0.15) is 5.69 Å². The Kier molecular flexibility index (Phi) is 2.42. The molecule has 0 aliphatic heterocycles. The van der Waals surface area contributed by atoms with E-state index in [0.717, 1.165) is 22.5 Å². The van der Waals surface area contributed by atoms with Crippen molar-refractivity contribution in [3.8, 4) is 0 Å². The van der Waals surface area contributed by atoms with Crippen LogP contribution in [0.25, 0.3) is 10.8 Å². The van der Waals surface area contributed by atoms with Crippen LogP contribution in [0.1, 0.15) is 16.1 Å². The van der Waals surface area contributed by atoms with Crippen LogP contribution in [0.3, 0.4) is 0 Å². The molecular weight excluding hydrogens is 232 g/mol. The molecule has 1 heterocycles. The van der Waals surface area contributed by atoms with Crippen LogP contribution < -0.4 is 0 Å². The maximum Gasteiger partial charge on any atom is 0.214 e. The summed E-state index contributed by atoms with van der Waals surface area (Å²) in [6, 6.07) is 13.6. The van der Waals surface area contributed by atoms with Crippen LogP contribution in [0, 0.1) is 0 Å². The molecule has 3 rings (SSSR count). The van der Waals surface area contributed by atoms with Crippen molar-refractivity contribution in [1.29, 1.82) is 0 Å². The smallest absolute Gasteiger partial charge is 0.214 e. The van der Waals surface area contributed by atoms with Crippen molar-refractivity contribution in [3.05, 3.63) is 59.9 Å². The summed E-state index contributed by atoms with van der Waals surface area (Å²) in [5, 5.41) is 2.18. The van der Waals surface area contributed by atoms with Gasteiger partial charge in [-0.25, -0.2) is 0 Å². The normalized spacial score (nSPS) is 10.6. The number of benzene rings is 2. The maximum absolute atomic E-state index is 12.1. The van der Waals surface area contributed by atoms with Crippen molar-refractivity contribution in [2.75, 3.05) is 0 Å². The highest BCUT2D eigenvalue weighted by atomic mass is 32.1. The van der Waals surface area contributed by atoms with Crippen LogP contribution in [-0.4, -0.2) is 14.5 Å². The van der Waals surface area contributed by atoms with Gasteiger partial charge in [0.25, 0.3) is 0 Å². The predicted octanol–water partition coefficient (Wildman–Crippen LogP) is 2.92. The molecule has 2 aromatic carbocycles. The summed E-state index contributed by atoms with van der Waals surface area (Å²) in [6.45, 7) is 0. The Labute approximate surface area is 102 Å². The first-order valence-electron chi connectivity index (χ1n) is 5.16. The summed E-state index contributed by atoms with van der Waals surface area (Å²) in [4.78, 5) is 12.1. The second kappa shape index (κ2) is 4.07. The van der Waals surface area contributed by atoms with Gasteiger partial charge in [0.2, 0.25) is 5.78 Å². The SMILES string of the molecule is O=C(c1ccc2ccccc2c1)c1cnsn1. The van der Waals surface area contributed by atoms with E-state index in [-0.39, 0.29) is 5.78 Å². The van der Waals surface area contributed by atoms with Crippen molar-refractivity contribution in [1.82, 2.24) is 8.75 Å². The highest BCUT2D eigenvalue weighted by Crippen LogP contribution is 2.17. The molecule has 82 valence electrons. The van der Waals surface area contributed by atoms with Crippen molar-refractivity contribution >= 4 is 28.3 Å². The highest BCUT2D eigenvalue weighted by molar-refractivity contribution is 6.99. The molecule has 0 N–H and O–H groups in total. The number of ketones is 1. The standard InChI is InChI=1S/C13H8N2OS/c16-13(12-8-14-17-15-12)11-6-5-9-3-1-2-4-10(9)7-11/h1-8H. The number of hydrogen-bond acceptors (Lipinski definition) is 4. The molecule has 3 aromatic rings. The van der Waals surface area contributed by atoms with Gasteiger partial charge in [-0.1, -0.05) is 36.4 Å². The van der Waals surface area contributed by atoms with Gasteiger partial charge >= 0.3 is 0 Å². The quantitative estimate of drug-likeness (QED) is 0.647. The van der Waals surface area contributed by atoms with Gasteiger partial charge in [0.15, 0.2) is 0 Å². The Balaban J connectivity index is 2.09. The topological polar surface area (TPSA) is 42.9 Å². The maximum atomic E-state index is 12.1. The molecule has 17 heavy (non-hydrogen) atoms. The lowest BCUT2D eigenvalue weighted by molar-refractivity contribution is 0.103. The van der Waals surface area contributed by atoms with E-state index >= 15 is 0 Å². The largest absolute Gasteiger partial charge is 0.287 e. The first kappa shape index (κ1) is 10.1. The van der Waals surface area contributed by atoms with E-state index in [4.69, 9.17) is 0 Å². The van der Waals surface area contributed by atoms with Gasteiger partial charge in [-0.15, -0.1) is 0 Å². The number of fused-ring (bicyclic) bond motifs is 1. The van der Waals surface area contributed by atoms with Crippen molar-refractivity contribution < 1.29 is 4.79 Å². The number of hydrogen-bond donors (Lipinski definition) is 0. The van der Waals surface area contributed by atoms with Crippen LogP contribution in [0.4, 0.5) is 0 Å². The van der Waals surface area contributed by atoms with Crippen LogP contribution in [0.5, 0.6) is 0 Å². The number of carbonyl (C=O) groups is 1. The van der Waals surface area contributed by atoms with Gasteiger partial charge in [0.05, 0.1) is 17.9 Å². The Morgan fingerprint density at radius 3 is 2.65 bits per heavy atom. The van der Waals surface area contributed by atoms with Crippen molar-refractivity contribution in [3.63, 3.8) is 0 Å². The molecule has 0 atom stereocenters. The van der Waals surface area contributed by atoms with Gasteiger partial charge in [-0.2, -0.15) is 8.75 Å². The summed E-state index contributed by atoms with van der Waals surface area (Å²) in [5.74, 6) is -0.0792. The molecule has 4 heteroatoms. The fourth-order valence-electron chi connectivity index (χ4n) is 1.74. The molecule has 0 saturated carbocycles. The van der Waals surface area contributed by atoms with Crippen LogP contribution in [0.2, 0.25) is 0 Å². The van der Waals surface area contributed by atoms with E-state index in [1.54, 1.807) is 0 Å². The third kappa shape index (κ3) is 1.83. The fourth-order valence-corrected chi connectivity index (χ4v) is 2.16. The van der Waals surface area contributed by atoms with E-state index in [1.807, 2.05) is 42.5 Å². The molecule has 0 saturated heterocycles. The molecule has 0 aliphatic carbocycles. The minimum atomic E-state index is -0.0792. The summed E-state index contributed by atoms with van der Waals surface area (Å²) < 4.78 is 7.79. The molecule has 0 spiro atoms. The minimum Gasteiger partial charge on any atom is -0.287 e. The molecule has 0 amide bonds. The zero-order valence-corrected chi connectivity index (χ0v) is 9.65. The first-order chi connectivity index (χ1) is 8.34. The number of rotatable bonds is 2. The van der Waals surface area contributed by atoms with Crippen LogP contribution in [-0.2, 0) is 0 Å². The number of nitrogens with zero attached hydrogens (tertiary/aromatic N) is 2. The van der Waals surface area contributed by atoms with E-state index in [9.17, 15) is 4.79 Å². The average Bonchev–Trinajstić information content (AvgIpc) is 2.91. The predicted molar refractivity (Wildman–Crippen MR) is 67.3 cm³/mol. The lowest BCUT2D eigenvalue weighted by Crippen LogP contribution is -2.00. The summed E-state index contributed by atoms with van der Waals surface area (Å²) in [7, 11) is 0. The second-order valence-corrected chi connectivity index (χ2v) is 4.24. The Morgan fingerprint density at radius 2 is 1.88 bits per heavy atom. The molecule has 0 fully saturated rings. The Bertz CT molecular complexity index is 677. The lowest BCUT2D eigenvalue weighted by atomic mass is 10.0. The lowest BCUT2D eigenvalue weighted by Gasteiger charge is -2.00. The monoisotopic (exact) mass is 240 g/mol. The number of carbonyl (C=O) groups excluding carboxylic acids is 1. The molecule has 0 unspecified atom stereocenters. The van der Waals surface area contributed by atoms with Gasteiger partial charge in [-0.05, 0) is 16.8 Å². The highest BCUT2D eigenvalue weighted by Gasteiger charge is 2.11. The third-order valence-electron chi connectivity index (χ3n) is 2.61. The van der Waals surface area contributed by atoms with E-state index in [1.165, 1.54) is 6.20 Å². The zero-order chi connectivity index (χ0) is 11.7. The van der Waals surface area contributed by atoms with Gasteiger partial charge in [0, 0.05) is 5.56 Å². The summed E-state index contributed by atoms with van der Waals surface area (Å²) >= 11 is 1.05. The van der Waals surface area contributed by atoms with E-state index in [2.05, 4.69) is 8.75 Å². The summed E-state index contributed by atoms with van der Waals surface area (Å²) in [6.07, 6.45) is 1.50. The molecule has 3 nitrogen and oxygen atoms in total. The fraction of sp³-hybridized carbons (Fsp3) is 0. The van der Waals surface area contributed by atoms with Gasteiger partial charge < -0.3 is 0 Å². The zero-order valence-electron chi connectivity index (χ0n) is 8.83. The molecule has 0 aliphatic rings. The molecular formula is C13H8N2OS. The molecule has 0 radical (unpaired) electrons. The van der Waals surface area contributed by atoms with E-state index in [0.29, 0.717) is 11.3 Å². The number of aromatic nitrogens is 2. The Morgan fingerprint density at radius 1 is 1.06 bits per heavy atom. The Hall–Kier alpha value is -2.07. The minimum absolute atomic E-state index is 0.0792. The third-order valence-corrected chi connectivity index (χ3v) is 3.08. The van der Waals surface area contributed by atoms with E-state index < -0.39 is 0 Å². The molecule has 0 bridgehead atoms. The van der Waals surface area contributed by atoms with Crippen LogP contribution >= 0.6 is 11.7 Å². The second-order valence-electron chi connectivity index (χ2n) is 3.68. The average molecular weight is 240 g/mol. The van der Waals surface area contributed by atoms with Crippen molar-refractivity contribution in [2.24, 2.45) is 0 Å². The summed E-state index contributed by atoms with van der Waals surface area (Å²) in [5.41, 5.74) is 1.06. The van der Waals surface area contributed by atoms with Crippen molar-refractivity contribution in [2.45, 2.75) is 0 Å². The molecule has 1 aromatic heterocycles. The van der Waals surface area contributed by atoms with Crippen LogP contribution in [0.15, 0.2) is 48.7 Å².